The van der Waals surface area contributed by atoms with Crippen molar-refractivity contribution >= 4 is 22.6 Å². The van der Waals surface area contributed by atoms with Crippen LogP contribution in [0, 0.1) is 6.92 Å². The first-order valence-corrected chi connectivity index (χ1v) is 8.39. The molecule has 2 heterocycles. The molecule has 0 aliphatic rings. The lowest BCUT2D eigenvalue weighted by molar-refractivity contribution is 0.759. The lowest BCUT2D eigenvalue weighted by atomic mass is 10.1. The van der Waals surface area contributed by atoms with Gasteiger partial charge in [-0.1, -0.05) is 54.1 Å². The Morgan fingerprint density at radius 3 is 2.64 bits per heavy atom. The molecule has 0 atom stereocenters. The quantitative estimate of drug-likeness (QED) is 0.596. The second kappa shape index (κ2) is 6.22. The molecule has 4 aromatic rings. The van der Waals surface area contributed by atoms with Gasteiger partial charge < -0.3 is 4.98 Å². The van der Waals surface area contributed by atoms with Gasteiger partial charge >= 0.3 is 0 Å². The van der Waals surface area contributed by atoms with Gasteiger partial charge in [-0.2, -0.15) is 0 Å². The molecule has 25 heavy (non-hydrogen) atoms. The molecule has 0 saturated heterocycles. The standard InChI is InChI=1S/C20H16ClN3O/c1-13-10-17-18(22-13)23-19(15-8-5-9-16(21)11-15)24(20(17)25)12-14-6-3-2-4-7-14/h2-11,22H,12H2,1H3. The van der Waals surface area contributed by atoms with Crippen molar-refractivity contribution in [1.29, 1.82) is 0 Å². The van der Waals surface area contributed by atoms with Crippen LogP contribution in [0.4, 0.5) is 0 Å². The summed E-state index contributed by atoms with van der Waals surface area (Å²) >= 11 is 6.15. The normalized spacial score (nSPS) is 11.1. The van der Waals surface area contributed by atoms with E-state index in [1.807, 2.05) is 67.6 Å². The predicted molar refractivity (Wildman–Crippen MR) is 101 cm³/mol. The third-order valence-corrected chi connectivity index (χ3v) is 4.38. The Hall–Kier alpha value is -2.85. The first-order chi connectivity index (χ1) is 12.1. The number of H-pyrrole nitrogens is 1. The minimum absolute atomic E-state index is 0.0619. The van der Waals surface area contributed by atoms with E-state index in [9.17, 15) is 4.79 Å². The monoisotopic (exact) mass is 349 g/mol. The molecule has 0 unspecified atom stereocenters. The first-order valence-electron chi connectivity index (χ1n) is 8.02. The fourth-order valence-corrected chi connectivity index (χ4v) is 3.19. The SMILES string of the molecule is Cc1cc2c(=O)n(Cc3ccccc3)c(-c3cccc(Cl)c3)nc2[nH]1. The number of fused-ring (bicyclic) bond motifs is 1. The van der Waals surface area contributed by atoms with Crippen molar-refractivity contribution in [2.24, 2.45) is 0 Å². The molecule has 0 radical (unpaired) electrons. The predicted octanol–water partition coefficient (Wildman–Crippen LogP) is 4.40. The highest BCUT2D eigenvalue weighted by Gasteiger charge is 2.15. The molecule has 2 aromatic heterocycles. The average Bonchev–Trinajstić information content (AvgIpc) is 2.99. The Bertz CT molecular complexity index is 1110. The van der Waals surface area contributed by atoms with Crippen LogP contribution < -0.4 is 5.56 Å². The van der Waals surface area contributed by atoms with Crippen LogP contribution >= 0.6 is 11.6 Å². The molecule has 4 rings (SSSR count). The number of aryl methyl sites for hydroxylation is 1. The molecular formula is C20H16ClN3O. The van der Waals surface area contributed by atoms with Crippen LogP contribution in [0.15, 0.2) is 65.5 Å². The third-order valence-electron chi connectivity index (χ3n) is 4.15. The molecule has 4 nitrogen and oxygen atoms in total. The van der Waals surface area contributed by atoms with Gasteiger partial charge in [-0.15, -0.1) is 0 Å². The van der Waals surface area contributed by atoms with Crippen molar-refractivity contribution < 1.29 is 0 Å². The second-order valence-corrected chi connectivity index (χ2v) is 6.47. The maximum atomic E-state index is 13.1. The topological polar surface area (TPSA) is 50.7 Å². The van der Waals surface area contributed by atoms with Crippen LogP contribution in [-0.4, -0.2) is 14.5 Å². The Labute approximate surface area is 149 Å². The molecule has 1 N–H and O–H groups in total. The maximum Gasteiger partial charge on any atom is 0.263 e. The zero-order valence-electron chi connectivity index (χ0n) is 13.7. The molecular weight excluding hydrogens is 334 g/mol. The van der Waals surface area contributed by atoms with Gasteiger partial charge in [-0.25, -0.2) is 4.98 Å². The number of halogens is 1. The summed E-state index contributed by atoms with van der Waals surface area (Å²) in [5.41, 5.74) is 3.31. The molecule has 0 aliphatic heterocycles. The molecule has 0 aliphatic carbocycles. The van der Waals surface area contributed by atoms with E-state index in [0.717, 1.165) is 16.8 Å². The van der Waals surface area contributed by atoms with Crippen molar-refractivity contribution in [2.45, 2.75) is 13.5 Å². The summed E-state index contributed by atoms with van der Waals surface area (Å²) in [6.45, 7) is 2.37. The summed E-state index contributed by atoms with van der Waals surface area (Å²) in [5.74, 6) is 0.603. The molecule has 2 aromatic carbocycles. The first kappa shape index (κ1) is 15.7. The van der Waals surface area contributed by atoms with Crippen LogP contribution in [0.2, 0.25) is 5.02 Å². The lowest BCUT2D eigenvalue weighted by Crippen LogP contribution is -2.23. The van der Waals surface area contributed by atoms with Crippen molar-refractivity contribution in [3.8, 4) is 11.4 Å². The summed E-state index contributed by atoms with van der Waals surface area (Å²) in [6, 6.07) is 19.1. The van der Waals surface area contributed by atoms with E-state index in [4.69, 9.17) is 16.6 Å². The summed E-state index contributed by atoms with van der Waals surface area (Å²) in [6.07, 6.45) is 0. The van der Waals surface area contributed by atoms with E-state index in [2.05, 4.69) is 4.98 Å². The molecule has 0 spiro atoms. The third kappa shape index (κ3) is 2.96. The fraction of sp³-hybridized carbons (Fsp3) is 0.100. The lowest BCUT2D eigenvalue weighted by Gasteiger charge is -2.13. The average molecular weight is 350 g/mol. The highest BCUT2D eigenvalue weighted by molar-refractivity contribution is 6.30. The van der Waals surface area contributed by atoms with Gasteiger partial charge in [0.1, 0.15) is 11.5 Å². The van der Waals surface area contributed by atoms with Gasteiger partial charge in [0.15, 0.2) is 0 Å². The maximum absolute atomic E-state index is 13.1. The number of aromatic amines is 1. The van der Waals surface area contributed by atoms with Gasteiger partial charge in [0, 0.05) is 16.3 Å². The van der Waals surface area contributed by atoms with Crippen molar-refractivity contribution in [2.75, 3.05) is 0 Å². The van der Waals surface area contributed by atoms with Gasteiger partial charge in [-0.05, 0) is 30.7 Å². The Balaban J connectivity index is 1.98. The van der Waals surface area contributed by atoms with E-state index in [1.54, 1.807) is 4.57 Å². The van der Waals surface area contributed by atoms with E-state index < -0.39 is 0 Å². The van der Waals surface area contributed by atoms with Crippen LogP contribution in [-0.2, 0) is 6.54 Å². The number of hydrogen-bond acceptors (Lipinski definition) is 2. The Morgan fingerprint density at radius 2 is 1.88 bits per heavy atom. The summed E-state index contributed by atoms with van der Waals surface area (Å²) < 4.78 is 1.70. The minimum Gasteiger partial charge on any atom is -0.343 e. The summed E-state index contributed by atoms with van der Waals surface area (Å²) in [4.78, 5) is 21.0. The van der Waals surface area contributed by atoms with Crippen LogP contribution in [0.5, 0.6) is 0 Å². The molecule has 5 heteroatoms. The summed E-state index contributed by atoms with van der Waals surface area (Å²) in [7, 11) is 0. The van der Waals surface area contributed by atoms with Gasteiger partial charge in [0.25, 0.3) is 5.56 Å². The Morgan fingerprint density at radius 1 is 1.08 bits per heavy atom. The van der Waals surface area contributed by atoms with Crippen molar-refractivity contribution in [3.63, 3.8) is 0 Å². The van der Waals surface area contributed by atoms with Gasteiger partial charge in [-0.3, -0.25) is 9.36 Å². The highest BCUT2D eigenvalue weighted by Crippen LogP contribution is 2.23. The van der Waals surface area contributed by atoms with Crippen LogP contribution in [0.25, 0.3) is 22.4 Å². The molecule has 0 fully saturated rings. The molecule has 0 amide bonds. The number of aromatic nitrogens is 3. The van der Waals surface area contributed by atoms with Crippen LogP contribution in [0.1, 0.15) is 11.3 Å². The summed E-state index contributed by atoms with van der Waals surface area (Å²) in [5, 5.41) is 1.21. The fourth-order valence-electron chi connectivity index (χ4n) is 2.99. The van der Waals surface area contributed by atoms with Crippen molar-refractivity contribution in [1.82, 2.24) is 14.5 Å². The van der Waals surface area contributed by atoms with Crippen LogP contribution in [0.3, 0.4) is 0 Å². The van der Waals surface area contributed by atoms with E-state index in [-0.39, 0.29) is 5.56 Å². The van der Waals surface area contributed by atoms with Crippen molar-refractivity contribution in [3.05, 3.63) is 87.3 Å². The Kier molecular flexibility index (Phi) is 3.90. The minimum atomic E-state index is -0.0619. The number of nitrogens with zero attached hydrogens (tertiary/aromatic N) is 2. The number of hydrogen-bond donors (Lipinski definition) is 1. The highest BCUT2D eigenvalue weighted by atomic mass is 35.5. The zero-order chi connectivity index (χ0) is 17.4. The molecule has 0 bridgehead atoms. The smallest absolute Gasteiger partial charge is 0.263 e. The number of nitrogens with one attached hydrogen (secondary N) is 1. The van der Waals surface area contributed by atoms with E-state index in [1.165, 1.54) is 0 Å². The zero-order valence-corrected chi connectivity index (χ0v) is 14.4. The second-order valence-electron chi connectivity index (χ2n) is 6.04. The largest absolute Gasteiger partial charge is 0.343 e. The molecule has 124 valence electrons. The van der Waals surface area contributed by atoms with Gasteiger partial charge in [0.2, 0.25) is 0 Å². The van der Waals surface area contributed by atoms with E-state index in [0.29, 0.717) is 28.4 Å². The van der Waals surface area contributed by atoms with E-state index >= 15 is 0 Å². The van der Waals surface area contributed by atoms with Gasteiger partial charge in [0.05, 0.1) is 11.9 Å². The number of rotatable bonds is 3. The number of benzene rings is 2. The molecule has 0 saturated carbocycles.